The van der Waals surface area contributed by atoms with Gasteiger partial charge in [-0.3, -0.25) is 4.90 Å². The summed E-state index contributed by atoms with van der Waals surface area (Å²) in [4.78, 5) is 2.62. The van der Waals surface area contributed by atoms with Gasteiger partial charge in [0.2, 0.25) is 6.79 Å². The van der Waals surface area contributed by atoms with Gasteiger partial charge in [0, 0.05) is 36.7 Å². The molecule has 2 heterocycles. The van der Waals surface area contributed by atoms with Crippen molar-refractivity contribution in [2.24, 2.45) is 5.92 Å². The first-order chi connectivity index (χ1) is 9.83. The van der Waals surface area contributed by atoms with Gasteiger partial charge in [-0.05, 0) is 36.5 Å². The van der Waals surface area contributed by atoms with E-state index in [0.29, 0.717) is 12.8 Å². The zero-order valence-corrected chi connectivity index (χ0v) is 15.4. The van der Waals surface area contributed by atoms with E-state index in [9.17, 15) is 0 Å². The zero-order valence-electron chi connectivity index (χ0n) is 12.2. The highest BCUT2D eigenvalue weighted by molar-refractivity contribution is 9.10. The van der Waals surface area contributed by atoms with Crippen LogP contribution in [0.5, 0.6) is 11.5 Å². The smallest absolute Gasteiger partial charge is 0.231 e. The van der Waals surface area contributed by atoms with Gasteiger partial charge in [0.05, 0.1) is 0 Å². The highest BCUT2D eigenvalue weighted by Gasteiger charge is 2.38. The van der Waals surface area contributed by atoms with E-state index in [-0.39, 0.29) is 24.8 Å². The molecule has 3 aliphatic rings. The van der Waals surface area contributed by atoms with Crippen LogP contribution < -0.4 is 14.8 Å². The molecule has 4 nitrogen and oxygen atoms in total. The number of nitrogens with one attached hydrogen (secondary N) is 1. The summed E-state index contributed by atoms with van der Waals surface area (Å²) in [6, 6.07) is 4.76. The van der Waals surface area contributed by atoms with Crippen LogP contribution in [0.3, 0.4) is 0 Å². The van der Waals surface area contributed by atoms with Gasteiger partial charge < -0.3 is 14.8 Å². The molecule has 1 aromatic carbocycles. The molecule has 0 amide bonds. The summed E-state index contributed by atoms with van der Waals surface area (Å²) in [5, 5.41) is 3.44. The van der Waals surface area contributed by atoms with Crippen LogP contribution in [0.1, 0.15) is 24.4 Å². The molecule has 0 aromatic heterocycles. The van der Waals surface area contributed by atoms with Gasteiger partial charge in [-0.2, -0.15) is 0 Å². The van der Waals surface area contributed by atoms with E-state index in [4.69, 9.17) is 9.47 Å². The van der Waals surface area contributed by atoms with Crippen LogP contribution in [0.4, 0.5) is 0 Å². The van der Waals surface area contributed by atoms with Gasteiger partial charge in [-0.25, -0.2) is 0 Å². The first kappa shape index (κ1) is 18.1. The number of halogens is 3. The van der Waals surface area contributed by atoms with Crippen molar-refractivity contribution in [1.82, 2.24) is 10.2 Å². The van der Waals surface area contributed by atoms with E-state index >= 15 is 0 Å². The maximum Gasteiger partial charge on any atom is 0.231 e. The lowest BCUT2D eigenvalue weighted by Gasteiger charge is -2.36. The SMILES string of the molecule is Brc1cc2c(cc1[C@H](C1CC1)N1CCNCC1)OCO2.Cl.Cl. The molecule has 0 unspecified atom stereocenters. The molecule has 2 aliphatic heterocycles. The summed E-state index contributed by atoms with van der Waals surface area (Å²) in [5.74, 6) is 2.55. The number of hydrogen-bond acceptors (Lipinski definition) is 4. The lowest BCUT2D eigenvalue weighted by Crippen LogP contribution is -2.45. The Morgan fingerprint density at radius 1 is 1.09 bits per heavy atom. The Balaban J connectivity index is 0.000000882. The third kappa shape index (κ3) is 3.49. The Hall–Kier alpha value is -0.200. The molecule has 1 saturated heterocycles. The summed E-state index contributed by atoms with van der Waals surface area (Å²) in [5.41, 5.74) is 1.36. The Labute approximate surface area is 151 Å². The molecule has 1 saturated carbocycles. The normalized spacial score (nSPS) is 21.7. The third-order valence-electron chi connectivity index (χ3n) is 4.42. The number of rotatable bonds is 3. The minimum Gasteiger partial charge on any atom is -0.454 e. The Morgan fingerprint density at radius 2 is 1.73 bits per heavy atom. The second-order valence-corrected chi connectivity index (χ2v) is 6.65. The van der Waals surface area contributed by atoms with Crippen molar-refractivity contribution >= 4 is 40.7 Å². The van der Waals surface area contributed by atoms with Crippen LogP contribution in [0, 0.1) is 5.92 Å². The fraction of sp³-hybridized carbons (Fsp3) is 0.600. The van der Waals surface area contributed by atoms with Gasteiger partial charge in [0.15, 0.2) is 11.5 Å². The van der Waals surface area contributed by atoms with Gasteiger partial charge in [-0.15, -0.1) is 24.8 Å². The lowest BCUT2D eigenvalue weighted by molar-refractivity contribution is 0.155. The molecule has 0 spiro atoms. The molecule has 124 valence electrons. The largest absolute Gasteiger partial charge is 0.454 e. The predicted molar refractivity (Wildman–Crippen MR) is 94.7 cm³/mol. The second-order valence-electron chi connectivity index (χ2n) is 5.80. The Morgan fingerprint density at radius 3 is 2.36 bits per heavy atom. The minimum atomic E-state index is 0. The van der Waals surface area contributed by atoms with Crippen molar-refractivity contribution in [2.75, 3.05) is 33.0 Å². The molecular weight excluding hydrogens is 391 g/mol. The minimum absolute atomic E-state index is 0. The van der Waals surface area contributed by atoms with E-state index < -0.39 is 0 Å². The lowest BCUT2D eigenvalue weighted by atomic mass is 9.99. The predicted octanol–water partition coefficient (Wildman–Crippen LogP) is 3.38. The molecule has 1 aromatic rings. The fourth-order valence-corrected chi connectivity index (χ4v) is 3.84. The van der Waals surface area contributed by atoms with Crippen LogP contribution >= 0.6 is 40.7 Å². The number of hydrogen-bond donors (Lipinski definition) is 1. The monoisotopic (exact) mass is 410 g/mol. The molecule has 22 heavy (non-hydrogen) atoms. The van der Waals surface area contributed by atoms with Crippen LogP contribution in [0.25, 0.3) is 0 Å². The average Bonchev–Trinajstić information content (AvgIpc) is 3.19. The Bertz CT molecular complexity index is 523. The number of nitrogens with zero attached hydrogens (tertiary/aromatic N) is 1. The number of ether oxygens (including phenoxy) is 2. The van der Waals surface area contributed by atoms with E-state index in [0.717, 1.165) is 48.1 Å². The molecule has 0 radical (unpaired) electrons. The van der Waals surface area contributed by atoms with Crippen LogP contribution in [-0.2, 0) is 0 Å². The standard InChI is InChI=1S/C15H19BrN2O2.2ClH/c16-12-8-14-13(19-9-20-14)7-11(12)15(10-1-2-10)18-5-3-17-4-6-18;;/h7-8,10,15,17H,1-6,9H2;2*1H/t15-;;/m0../s1. The fourth-order valence-electron chi connectivity index (χ4n) is 3.28. The second kappa shape index (κ2) is 7.58. The summed E-state index contributed by atoms with van der Waals surface area (Å²) < 4.78 is 12.2. The summed E-state index contributed by atoms with van der Waals surface area (Å²) in [6.07, 6.45) is 2.69. The van der Waals surface area contributed by atoms with Crippen molar-refractivity contribution in [3.05, 3.63) is 22.2 Å². The highest BCUT2D eigenvalue weighted by atomic mass is 79.9. The Kier molecular flexibility index (Phi) is 6.25. The molecular formula is C15H21BrCl2N2O2. The van der Waals surface area contributed by atoms with E-state index in [1.807, 2.05) is 0 Å². The van der Waals surface area contributed by atoms with Gasteiger partial charge in [-0.1, -0.05) is 15.9 Å². The topological polar surface area (TPSA) is 33.7 Å². The van der Waals surface area contributed by atoms with E-state index in [2.05, 4.69) is 38.3 Å². The van der Waals surface area contributed by atoms with Crippen molar-refractivity contribution in [3.8, 4) is 11.5 Å². The van der Waals surface area contributed by atoms with E-state index in [1.165, 1.54) is 18.4 Å². The van der Waals surface area contributed by atoms with E-state index in [1.54, 1.807) is 0 Å². The van der Waals surface area contributed by atoms with Gasteiger partial charge in [0.25, 0.3) is 0 Å². The average molecular weight is 412 g/mol. The van der Waals surface area contributed by atoms with Crippen molar-refractivity contribution < 1.29 is 9.47 Å². The van der Waals surface area contributed by atoms with Gasteiger partial charge >= 0.3 is 0 Å². The molecule has 0 bridgehead atoms. The molecule has 7 heteroatoms. The molecule has 1 atom stereocenters. The molecule has 4 rings (SSSR count). The van der Waals surface area contributed by atoms with Crippen LogP contribution in [0.15, 0.2) is 16.6 Å². The quantitative estimate of drug-likeness (QED) is 0.826. The highest BCUT2D eigenvalue weighted by Crippen LogP contribution is 2.49. The molecule has 1 aliphatic carbocycles. The van der Waals surface area contributed by atoms with Crippen molar-refractivity contribution in [1.29, 1.82) is 0 Å². The van der Waals surface area contributed by atoms with Gasteiger partial charge in [0.1, 0.15) is 0 Å². The first-order valence-corrected chi connectivity index (χ1v) is 8.16. The third-order valence-corrected chi connectivity index (χ3v) is 5.11. The maximum atomic E-state index is 5.56. The number of piperazine rings is 1. The maximum absolute atomic E-state index is 5.56. The zero-order chi connectivity index (χ0) is 13.5. The summed E-state index contributed by atoms with van der Waals surface area (Å²) >= 11 is 3.74. The van der Waals surface area contributed by atoms with Crippen molar-refractivity contribution in [2.45, 2.75) is 18.9 Å². The number of fused-ring (bicyclic) bond motifs is 1. The first-order valence-electron chi connectivity index (χ1n) is 7.37. The van der Waals surface area contributed by atoms with Crippen LogP contribution in [-0.4, -0.2) is 37.9 Å². The summed E-state index contributed by atoms with van der Waals surface area (Å²) in [6.45, 7) is 4.77. The number of benzene rings is 1. The molecule has 1 N–H and O–H groups in total. The molecule has 2 fully saturated rings. The van der Waals surface area contributed by atoms with Crippen LogP contribution in [0.2, 0.25) is 0 Å². The van der Waals surface area contributed by atoms with Crippen molar-refractivity contribution in [3.63, 3.8) is 0 Å². The summed E-state index contributed by atoms with van der Waals surface area (Å²) in [7, 11) is 0.